The van der Waals surface area contributed by atoms with Gasteiger partial charge >= 0.3 is 6.09 Å². The van der Waals surface area contributed by atoms with Crippen molar-refractivity contribution in [1.82, 2.24) is 10.2 Å². The first kappa shape index (κ1) is 21.5. The van der Waals surface area contributed by atoms with Crippen molar-refractivity contribution in [3.05, 3.63) is 11.8 Å². The van der Waals surface area contributed by atoms with E-state index in [9.17, 15) is 9.59 Å². The molecule has 1 aliphatic rings. The van der Waals surface area contributed by atoms with Gasteiger partial charge < -0.3 is 10.1 Å². The maximum absolute atomic E-state index is 12.5. The van der Waals surface area contributed by atoms with Crippen molar-refractivity contribution >= 4 is 12.0 Å². The van der Waals surface area contributed by atoms with Gasteiger partial charge in [-0.3, -0.25) is 9.69 Å². The Hall–Kier alpha value is -1.52. The van der Waals surface area contributed by atoms with Crippen LogP contribution in [0.3, 0.4) is 0 Å². The summed E-state index contributed by atoms with van der Waals surface area (Å²) in [7, 11) is 0. The monoisotopic (exact) mass is 352 g/mol. The fourth-order valence-corrected chi connectivity index (χ4v) is 2.80. The summed E-state index contributed by atoms with van der Waals surface area (Å²) < 4.78 is 5.46. The maximum Gasteiger partial charge on any atom is 0.414 e. The van der Waals surface area contributed by atoms with Gasteiger partial charge in [0.25, 0.3) is 5.91 Å². The highest BCUT2D eigenvalue weighted by Gasteiger charge is 2.28. The molecule has 0 unspecified atom stereocenters. The lowest BCUT2D eigenvalue weighted by Gasteiger charge is -2.27. The van der Waals surface area contributed by atoms with Crippen molar-refractivity contribution in [1.29, 1.82) is 0 Å². The van der Waals surface area contributed by atoms with E-state index in [0.29, 0.717) is 18.8 Å². The van der Waals surface area contributed by atoms with E-state index in [1.165, 1.54) is 30.6 Å². The van der Waals surface area contributed by atoms with E-state index in [-0.39, 0.29) is 5.91 Å². The molecule has 1 N–H and O–H groups in total. The second kappa shape index (κ2) is 11.2. The van der Waals surface area contributed by atoms with E-state index in [1.807, 2.05) is 26.8 Å². The van der Waals surface area contributed by atoms with Gasteiger partial charge in [-0.25, -0.2) is 4.79 Å². The Morgan fingerprint density at radius 3 is 2.48 bits per heavy atom. The first-order valence-corrected chi connectivity index (χ1v) is 9.84. The van der Waals surface area contributed by atoms with Crippen molar-refractivity contribution in [2.24, 2.45) is 0 Å². The molecule has 1 aliphatic heterocycles. The second-order valence-electron chi connectivity index (χ2n) is 7.74. The lowest BCUT2D eigenvalue weighted by molar-refractivity contribution is -0.119. The zero-order valence-electron chi connectivity index (χ0n) is 16.5. The van der Waals surface area contributed by atoms with E-state index >= 15 is 0 Å². The molecule has 25 heavy (non-hydrogen) atoms. The fraction of sp³-hybridized carbons (Fsp3) is 0.800. The molecular formula is C20H36N2O3. The summed E-state index contributed by atoms with van der Waals surface area (Å²) in [5, 5.41) is 2.96. The third-order valence-electron chi connectivity index (χ3n) is 4.13. The van der Waals surface area contributed by atoms with Crippen molar-refractivity contribution < 1.29 is 14.3 Å². The predicted molar refractivity (Wildman–Crippen MR) is 101 cm³/mol. The van der Waals surface area contributed by atoms with Gasteiger partial charge in [0.05, 0.1) is 0 Å². The molecule has 0 aromatic rings. The number of allylic oxidation sites excluding steroid dienone is 1. The molecule has 0 bridgehead atoms. The van der Waals surface area contributed by atoms with Crippen LogP contribution in [0.15, 0.2) is 11.8 Å². The summed E-state index contributed by atoms with van der Waals surface area (Å²) in [5.74, 6) is -0.165. The van der Waals surface area contributed by atoms with Crippen LogP contribution in [0.25, 0.3) is 0 Å². The molecule has 0 fully saturated rings. The van der Waals surface area contributed by atoms with Crippen LogP contribution >= 0.6 is 0 Å². The average molecular weight is 353 g/mol. The van der Waals surface area contributed by atoms with Crippen LogP contribution in [0.2, 0.25) is 0 Å². The number of carbonyl (C=O) groups is 2. The zero-order valence-corrected chi connectivity index (χ0v) is 16.5. The summed E-state index contributed by atoms with van der Waals surface area (Å²) in [4.78, 5) is 26.5. The Morgan fingerprint density at radius 2 is 1.80 bits per heavy atom. The van der Waals surface area contributed by atoms with E-state index in [4.69, 9.17) is 4.74 Å². The molecule has 0 saturated heterocycles. The minimum atomic E-state index is -0.566. The smallest absolute Gasteiger partial charge is 0.414 e. The van der Waals surface area contributed by atoms with Crippen LogP contribution in [-0.2, 0) is 9.53 Å². The van der Waals surface area contributed by atoms with Gasteiger partial charge in [0.1, 0.15) is 11.3 Å². The molecule has 0 radical (unpaired) electrons. The molecule has 144 valence electrons. The summed E-state index contributed by atoms with van der Waals surface area (Å²) >= 11 is 0. The molecule has 0 aromatic heterocycles. The van der Waals surface area contributed by atoms with Crippen molar-refractivity contribution in [3.63, 3.8) is 0 Å². The van der Waals surface area contributed by atoms with Crippen LogP contribution in [0.4, 0.5) is 4.79 Å². The van der Waals surface area contributed by atoms with E-state index in [0.717, 1.165) is 32.1 Å². The minimum Gasteiger partial charge on any atom is -0.443 e. The number of ether oxygens (including phenoxy) is 1. The number of amides is 2. The highest BCUT2D eigenvalue weighted by Crippen LogP contribution is 2.19. The lowest BCUT2D eigenvalue weighted by atomic mass is 10.1. The molecular weight excluding hydrogens is 316 g/mol. The molecule has 0 aromatic carbocycles. The Balaban J connectivity index is 2.51. The largest absolute Gasteiger partial charge is 0.443 e. The number of unbranched alkanes of at least 4 members (excludes halogenated alkanes) is 5. The van der Waals surface area contributed by atoms with Crippen molar-refractivity contribution in [2.45, 2.75) is 91.1 Å². The summed E-state index contributed by atoms with van der Waals surface area (Å²) in [6, 6.07) is 0. The highest BCUT2D eigenvalue weighted by atomic mass is 16.6. The molecule has 0 saturated carbocycles. The highest BCUT2D eigenvalue weighted by molar-refractivity contribution is 5.96. The number of hydrogen-bond acceptors (Lipinski definition) is 3. The molecule has 0 spiro atoms. The predicted octanol–water partition coefficient (Wildman–Crippen LogP) is 4.77. The molecule has 5 nitrogen and oxygen atoms in total. The summed E-state index contributed by atoms with van der Waals surface area (Å²) in [5.41, 5.74) is -0.124. The van der Waals surface area contributed by atoms with E-state index < -0.39 is 11.7 Å². The number of nitrogens with zero attached hydrogens (tertiary/aromatic N) is 1. The summed E-state index contributed by atoms with van der Waals surface area (Å²) in [6.45, 7) is 8.91. The number of carbonyl (C=O) groups excluding carboxylic acids is 2. The van der Waals surface area contributed by atoms with Crippen LogP contribution in [0.1, 0.15) is 85.5 Å². The zero-order chi connectivity index (χ0) is 18.7. The Bertz CT molecular complexity index is 452. The normalized spacial score (nSPS) is 15.4. The van der Waals surface area contributed by atoms with Crippen molar-refractivity contribution in [3.8, 4) is 0 Å². The Labute approximate surface area is 153 Å². The van der Waals surface area contributed by atoms with Gasteiger partial charge in [-0.2, -0.15) is 0 Å². The number of nitrogens with one attached hydrogen (secondary N) is 1. The number of rotatable bonds is 8. The second-order valence-corrected chi connectivity index (χ2v) is 7.74. The maximum atomic E-state index is 12.5. The van der Waals surface area contributed by atoms with Gasteiger partial charge in [-0.05, 0) is 46.5 Å². The average Bonchev–Trinajstić information content (AvgIpc) is 2.78. The minimum absolute atomic E-state index is 0.165. The first-order chi connectivity index (χ1) is 11.8. The van der Waals surface area contributed by atoms with Gasteiger partial charge in [0.2, 0.25) is 0 Å². The number of hydrogen-bond donors (Lipinski definition) is 1. The van der Waals surface area contributed by atoms with Gasteiger partial charge in [-0.15, -0.1) is 0 Å². The molecule has 2 amide bonds. The first-order valence-electron chi connectivity index (χ1n) is 9.84. The Kier molecular flexibility index (Phi) is 9.61. The molecule has 5 heteroatoms. The van der Waals surface area contributed by atoms with Crippen molar-refractivity contribution in [2.75, 3.05) is 13.1 Å². The molecule has 1 rings (SSSR count). The Morgan fingerprint density at radius 1 is 1.12 bits per heavy atom. The van der Waals surface area contributed by atoms with Crippen LogP contribution < -0.4 is 5.32 Å². The van der Waals surface area contributed by atoms with Crippen LogP contribution in [-0.4, -0.2) is 35.6 Å². The molecule has 1 heterocycles. The third-order valence-corrected chi connectivity index (χ3v) is 4.13. The SMILES string of the molecule is CCCCCCCCNC(=O)C1=CCCCCN1C(=O)OC(C)(C)C. The van der Waals surface area contributed by atoms with Gasteiger partial charge in [0.15, 0.2) is 0 Å². The third kappa shape index (κ3) is 8.94. The fourth-order valence-electron chi connectivity index (χ4n) is 2.80. The molecule has 0 atom stereocenters. The van der Waals surface area contributed by atoms with E-state index in [1.54, 1.807) is 0 Å². The standard InChI is InChI=1S/C20H36N2O3/c1-5-6-7-8-9-12-15-21-18(23)17-14-11-10-13-16-22(17)19(24)25-20(2,3)4/h14H,5-13,15-16H2,1-4H3,(H,21,23). The van der Waals surface area contributed by atoms with Gasteiger partial charge in [0, 0.05) is 13.1 Å². The van der Waals surface area contributed by atoms with Crippen LogP contribution in [0, 0.1) is 0 Å². The van der Waals surface area contributed by atoms with Crippen LogP contribution in [0.5, 0.6) is 0 Å². The summed E-state index contributed by atoms with van der Waals surface area (Å²) in [6.07, 6.45) is 11.2. The van der Waals surface area contributed by atoms with E-state index in [2.05, 4.69) is 12.2 Å². The molecule has 0 aliphatic carbocycles. The quantitative estimate of drug-likeness (QED) is 0.640. The van der Waals surface area contributed by atoms with Gasteiger partial charge in [-0.1, -0.05) is 45.1 Å². The topological polar surface area (TPSA) is 58.6 Å². The lowest BCUT2D eigenvalue weighted by Crippen LogP contribution is -2.41.